The van der Waals surface area contributed by atoms with Crippen molar-refractivity contribution in [1.29, 1.82) is 0 Å². The summed E-state index contributed by atoms with van der Waals surface area (Å²) in [5.74, 6) is 0.0112. The van der Waals surface area contributed by atoms with E-state index in [-0.39, 0.29) is 17.5 Å². The lowest BCUT2D eigenvalue weighted by molar-refractivity contribution is -0.111. The number of nitrogens with one attached hydrogen (secondary N) is 2. The molecule has 40 heavy (non-hydrogen) atoms. The van der Waals surface area contributed by atoms with Crippen molar-refractivity contribution < 1.29 is 18.3 Å². The van der Waals surface area contributed by atoms with E-state index in [1.807, 2.05) is 19.0 Å². The van der Waals surface area contributed by atoms with Crippen molar-refractivity contribution in [3.63, 3.8) is 0 Å². The third-order valence-corrected chi connectivity index (χ3v) is 5.94. The molecule has 0 unspecified atom stereocenters. The van der Waals surface area contributed by atoms with Gasteiger partial charge in [-0.2, -0.15) is 0 Å². The fourth-order valence-electron chi connectivity index (χ4n) is 3.74. The van der Waals surface area contributed by atoms with Crippen molar-refractivity contribution in [2.45, 2.75) is 19.4 Å². The van der Waals surface area contributed by atoms with Crippen molar-refractivity contribution in [3.8, 4) is 5.75 Å². The maximum atomic E-state index is 13.6. The molecule has 2 N–H and O–H groups in total. The molecular formula is C27H29ClF2N8O2. The van der Waals surface area contributed by atoms with Gasteiger partial charge in [0.15, 0.2) is 0 Å². The largest absolute Gasteiger partial charge is 0.491 e. The number of aryl methyl sites for hydroxylation is 2. The zero-order valence-corrected chi connectivity index (χ0v) is 22.8. The van der Waals surface area contributed by atoms with Gasteiger partial charge in [-0.15, -0.1) is 5.10 Å². The first-order chi connectivity index (χ1) is 19.3. The topological polar surface area (TPSA) is 110 Å². The Kier molecular flexibility index (Phi) is 9.92. The van der Waals surface area contributed by atoms with Crippen LogP contribution in [0.1, 0.15) is 12.1 Å². The van der Waals surface area contributed by atoms with E-state index in [0.29, 0.717) is 59.8 Å². The SMILES string of the molecule is CN(C)C/C=C/C(=O)Nc1cc2c(Nc3ccc(F)c(Cl)c3)ncnc2cc1OCCCc1cn(CC[18F])nn1. The second-order valence-corrected chi connectivity index (χ2v) is 9.52. The average Bonchev–Trinajstić information content (AvgIpc) is 3.36. The van der Waals surface area contributed by atoms with Crippen molar-refractivity contribution in [1.82, 2.24) is 29.9 Å². The van der Waals surface area contributed by atoms with Crippen molar-refractivity contribution in [2.75, 3.05) is 44.6 Å². The van der Waals surface area contributed by atoms with Crippen LogP contribution in [0.4, 0.5) is 26.0 Å². The number of halogens is 3. The number of fused-ring (bicyclic) bond motifs is 1. The standard InChI is InChI=1S/C27H29ClF2N8O2/c1-37(2)10-3-6-26(39)34-24-14-20-23(31-17-32-27(20)33-18-7-8-22(30)21(28)13-18)15-25(24)40-12-4-5-19-16-38(11-9-29)36-35-19/h3,6-8,13-17H,4-5,9-12H2,1-2H3,(H,34,39)(H,31,32,33)/b6-3+/i29-1. The Hall–Kier alpha value is -4.16. The Balaban J connectivity index is 1.56. The van der Waals surface area contributed by atoms with Crippen LogP contribution in [0.3, 0.4) is 0 Å². The second-order valence-electron chi connectivity index (χ2n) is 9.11. The number of anilines is 3. The van der Waals surface area contributed by atoms with Crippen LogP contribution in [0.25, 0.3) is 10.9 Å². The highest BCUT2D eigenvalue weighted by Crippen LogP contribution is 2.34. The van der Waals surface area contributed by atoms with E-state index in [2.05, 4.69) is 30.9 Å². The molecule has 0 aliphatic heterocycles. The summed E-state index contributed by atoms with van der Waals surface area (Å²) in [6, 6.07) is 7.69. The van der Waals surface area contributed by atoms with Gasteiger partial charge in [0, 0.05) is 36.0 Å². The number of carbonyl (C=O) groups is 1. The maximum Gasteiger partial charge on any atom is 0.248 e. The van der Waals surface area contributed by atoms with E-state index in [4.69, 9.17) is 16.3 Å². The van der Waals surface area contributed by atoms with E-state index in [1.54, 1.807) is 30.5 Å². The van der Waals surface area contributed by atoms with Gasteiger partial charge in [0.25, 0.3) is 0 Å². The van der Waals surface area contributed by atoms with E-state index in [9.17, 15) is 13.6 Å². The molecule has 0 bridgehead atoms. The summed E-state index contributed by atoms with van der Waals surface area (Å²) in [5, 5.41) is 14.5. The third kappa shape index (κ3) is 7.93. The molecule has 10 nitrogen and oxygen atoms in total. The lowest BCUT2D eigenvalue weighted by Gasteiger charge is -2.15. The van der Waals surface area contributed by atoms with Gasteiger partial charge in [-0.1, -0.05) is 22.9 Å². The predicted octanol–water partition coefficient (Wildman–Crippen LogP) is 4.79. The predicted molar refractivity (Wildman–Crippen MR) is 150 cm³/mol. The maximum absolute atomic E-state index is 13.6. The van der Waals surface area contributed by atoms with E-state index in [1.165, 1.54) is 29.2 Å². The summed E-state index contributed by atoms with van der Waals surface area (Å²) in [6.07, 6.45) is 7.51. The van der Waals surface area contributed by atoms with E-state index >= 15 is 0 Å². The normalized spacial score (nSPS) is 11.4. The molecule has 4 aromatic rings. The van der Waals surface area contributed by atoms with Gasteiger partial charge in [-0.05, 0) is 51.2 Å². The van der Waals surface area contributed by atoms with Gasteiger partial charge in [0.2, 0.25) is 5.91 Å². The fraction of sp³-hybridized carbons (Fsp3) is 0.296. The van der Waals surface area contributed by atoms with Crippen LogP contribution in [0, 0.1) is 5.82 Å². The average molecular weight is 570 g/mol. The first-order valence-electron chi connectivity index (χ1n) is 12.5. The molecule has 0 aliphatic carbocycles. The van der Waals surface area contributed by atoms with Gasteiger partial charge in [-0.3, -0.25) is 4.79 Å². The monoisotopic (exact) mass is 569 g/mol. The summed E-state index contributed by atoms with van der Waals surface area (Å²) >= 11 is 5.93. The number of nitrogens with zero attached hydrogens (tertiary/aromatic N) is 6. The summed E-state index contributed by atoms with van der Waals surface area (Å²) in [6.45, 7) is 0.586. The zero-order chi connectivity index (χ0) is 28.5. The molecule has 2 heterocycles. The molecule has 0 atom stereocenters. The van der Waals surface area contributed by atoms with Gasteiger partial charge >= 0.3 is 0 Å². The van der Waals surface area contributed by atoms with Crippen LogP contribution in [-0.4, -0.2) is 69.7 Å². The number of hydrogen-bond donors (Lipinski definition) is 2. The molecule has 4 rings (SSSR count). The highest BCUT2D eigenvalue weighted by Gasteiger charge is 2.14. The molecule has 2 aromatic heterocycles. The lowest BCUT2D eigenvalue weighted by Crippen LogP contribution is -2.13. The Morgan fingerprint density at radius 2 is 2.08 bits per heavy atom. The molecule has 0 saturated heterocycles. The minimum atomic E-state index is -0.529. The molecule has 13 heteroatoms. The number of rotatable bonds is 13. The third-order valence-electron chi connectivity index (χ3n) is 5.65. The number of likely N-dealkylation sites (N-methyl/N-ethyl adjacent to an activating group) is 1. The lowest BCUT2D eigenvalue weighted by atomic mass is 10.1. The van der Waals surface area contributed by atoms with Crippen molar-refractivity contribution in [2.24, 2.45) is 0 Å². The highest BCUT2D eigenvalue weighted by molar-refractivity contribution is 6.31. The summed E-state index contributed by atoms with van der Waals surface area (Å²) < 4.78 is 33.7. The van der Waals surface area contributed by atoms with Gasteiger partial charge in [0.1, 0.15) is 30.4 Å². The number of benzene rings is 2. The van der Waals surface area contributed by atoms with Crippen LogP contribution in [0.15, 0.2) is 55.0 Å². The molecule has 0 radical (unpaired) electrons. The minimum Gasteiger partial charge on any atom is -0.491 e. The molecule has 210 valence electrons. The number of hydrogen-bond acceptors (Lipinski definition) is 8. The Bertz CT molecular complexity index is 1490. The van der Waals surface area contributed by atoms with E-state index in [0.717, 1.165) is 5.69 Å². The second kappa shape index (κ2) is 13.8. The molecule has 1 amide bonds. The van der Waals surface area contributed by atoms with Gasteiger partial charge in [-0.25, -0.2) is 23.4 Å². The molecule has 0 spiro atoms. The van der Waals surface area contributed by atoms with Gasteiger partial charge in [0.05, 0.1) is 35.1 Å². The molecule has 0 saturated carbocycles. The van der Waals surface area contributed by atoms with E-state index < -0.39 is 12.5 Å². The first-order valence-corrected chi connectivity index (χ1v) is 12.9. The molecule has 0 aliphatic rings. The van der Waals surface area contributed by atoms with Crippen molar-refractivity contribution in [3.05, 3.63) is 71.5 Å². The summed E-state index contributed by atoms with van der Waals surface area (Å²) in [4.78, 5) is 23.3. The Labute approximate surface area is 235 Å². The number of carbonyl (C=O) groups excluding carboxylic acids is 1. The highest BCUT2D eigenvalue weighted by atomic mass is 35.5. The Morgan fingerprint density at radius 1 is 1.23 bits per heavy atom. The van der Waals surface area contributed by atoms with Crippen LogP contribution in [0.2, 0.25) is 5.02 Å². The minimum absolute atomic E-state index is 0.0264. The van der Waals surface area contributed by atoms with Gasteiger partial charge < -0.3 is 20.3 Å². The quantitative estimate of drug-likeness (QED) is 0.175. The summed E-state index contributed by atoms with van der Waals surface area (Å²) in [7, 11) is 3.81. The molecule has 0 fully saturated rings. The fourth-order valence-corrected chi connectivity index (χ4v) is 3.92. The van der Waals surface area contributed by atoms with Crippen LogP contribution >= 0.6 is 11.6 Å². The van der Waals surface area contributed by atoms with Crippen molar-refractivity contribution >= 4 is 45.6 Å². The number of aromatic nitrogens is 5. The number of alkyl halides is 1. The van der Waals surface area contributed by atoms with Crippen LogP contribution < -0.4 is 15.4 Å². The molecule has 2 aromatic carbocycles. The number of ether oxygens (including phenoxy) is 1. The zero-order valence-electron chi connectivity index (χ0n) is 22.1. The number of amides is 1. The first kappa shape index (κ1) is 28.8. The van der Waals surface area contributed by atoms with Crippen LogP contribution in [-0.2, 0) is 17.8 Å². The summed E-state index contributed by atoms with van der Waals surface area (Å²) in [5.41, 5.74) is 2.26. The Morgan fingerprint density at radius 3 is 2.85 bits per heavy atom. The smallest absolute Gasteiger partial charge is 0.248 e. The molecular weight excluding hydrogens is 541 g/mol. The van der Waals surface area contributed by atoms with Crippen LogP contribution in [0.5, 0.6) is 5.75 Å².